The summed E-state index contributed by atoms with van der Waals surface area (Å²) < 4.78 is 0. The molecule has 0 fully saturated rings. The van der Waals surface area contributed by atoms with Crippen LogP contribution in [0.25, 0.3) is 0 Å². The van der Waals surface area contributed by atoms with Gasteiger partial charge in [0.15, 0.2) is 0 Å². The van der Waals surface area contributed by atoms with E-state index in [4.69, 9.17) is 23.2 Å². The summed E-state index contributed by atoms with van der Waals surface area (Å²) in [7, 11) is 0. The zero-order valence-electron chi connectivity index (χ0n) is 18.9. The summed E-state index contributed by atoms with van der Waals surface area (Å²) in [6.07, 6.45) is 0.611. The average molecular weight is 483 g/mol. The van der Waals surface area contributed by atoms with Gasteiger partial charge in [0.05, 0.1) is 16.5 Å². The summed E-state index contributed by atoms with van der Waals surface area (Å²) >= 11 is 12.3. The van der Waals surface area contributed by atoms with E-state index in [-0.39, 0.29) is 24.8 Å². The lowest BCUT2D eigenvalue weighted by Gasteiger charge is -2.31. The first-order valence-corrected chi connectivity index (χ1v) is 11.7. The van der Waals surface area contributed by atoms with Crippen LogP contribution in [0.2, 0.25) is 10.0 Å². The number of rotatable bonds is 9. The Morgan fingerprint density at radius 2 is 1.55 bits per heavy atom. The Morgan fingerprint density at radius 3 is 2.18 bits per heavy atom. The molecule has 0 aliphatic carbocycles. The van der Waals surface area contributed by atoms with Crippen LogP contribution in [0.1, 0.15) is 29.2 Å². The van der Waals surface area contributed by atoms with Crippen LogP contribution in [0, 0.1) is 6.92 Å². The van der Waals surface area contributed by atoms with Gasteiger partial charge in [0, 0.05) is 19.5 Å². The highest BCUT2D eigenvalue weighted by Gasteiger charge is 2.30. The van der Waals surface area contributed by atoms with Crippen LogP contribution in [0.5, 0.6) is 0 Å². The van der Waals surface area contributed by atoms with Crippen molar-refractivity contribution in [2.75, 3.05) is 6.54 Å². The monoisotopic (exact) mass is 482 g/mol. The molecule has 0 spiro atoms. The first-order valence-electron chi connectivity index (χ1n) is 11.0. The van der Waals surface area contributed by atoms with Gasteiger partial charge in [0.25, 0.3) is 0 Å². The third-order valence-electron chi connectivity index (χ3n) is 5.43. The van der Waals surface area contributed by atoms with Gasteiger partial charge in [0.1, 0.15) is 6.04 Å². The molecule has 0 unspecified atom stereocenters. The highest BCUT2D eigenvalue weighted by atomic mass is 35.5. The van der Waals surface area contributed by atoms with Crippen molar-refractivity contribution >= 4 is 35.0 Å². The van der Waals surface area contributed by atoms with E-state index in [0.717, 1.165) is 22.3 Å². The van der Waals surface area contributed by atoms with Gasteiger partial charge in [-0.2, -0.15) is 0 Å². The Kier molecular flexibility index (Phi) is 8.93. The molecule has 0 aliphatic heterocycles. The van der Waals surface area contributed by atoms with Crippen molar-refractivity contribution in [1.82, 2.24) is 10.2 Å². The van der Waals surface area contributed by atoms with Crippen LogP contribution in [0.3, 0.4) is 0 Å². The van der Waals surface area contributed by atoms with Crippen LogP contribution in [-0.4, -0.2) is 29.3 Å². The van der Waals surface area contributed by atoms with Crippen LogP contribution < -0.4 is 5.32 Å². The lowest BCUT2D eigenvalue weighted by Crippen LogP contribution is -2.50. The summed E-state index contributed by atoms with van der Waals surface area (Å²) in [5.41, 5.74) is 3.82. The Bertz CT molecular complexity index is 1090. The number of carbonyl (C=O) groups is 2. The van der Waals surface area contributed by atoms with Gasteiger partial charge < -0.3 is 10.2 Å². The highest BCUT2D eigenvalue weighted by molar-refractivity contribution is 6.42. The fourth-order valence-corrected chi connectivity index (χ4v) is 3.98. The van der Waals surface area contributed by atoms with Crippen molar-refractivity contribution in [3.63, 3.8) is 0 Å². The van der Waals surface area contributed by atoms with Crippen LogP contribution in [0.15, 0.2) is 72.8 Å². The summed E-state index contributed by atoms with van der Waals surface area (Å²) in [5, 5.41) is 3.76. The van der Waals surface area contributed by atoms with E-state index in [0.29, 0.717) is 23.0 Å². The van der Waals surface area contributed by atoms with Crippen molar-refractivity contribution < 1.29 is 9.59 Å². The molecule has 33 heavy (non-hydrogen) atoms. The lowest BCUT2D eigenvalue weighted by atomic mass is 10.0. The third-order valence-corrected chi connectivity index (χ3v) is 6.17. The van der Waals surface area contributed by atoms with E-state index in [2.05, 4.69) is 5.32 Å². The van der Waals surface area contributed by atoms with E-state index in [1.54, 1.807) is 17.0 Å². The smallest absolute Gasteiger partial charge is 0.243 e. The second-order valence-corrected chi connectivity index (χ2v) is 8.85. The number of benzene rings is 3. The van der Waals surface area contributed by atoms with Crippen molar-refractivity contribution in [1.29, 1.82) is 0 Å². The molecule has 3 rings (SSSR count). The number of hydrogen-bond donors (Lipinski definition) is 1. The van der Waals surface area contributed by atoms with Crippen molar-refractivity contribution in [3.8, 4) is 0 Å². The normalized spacial score (nSPS) is 11.6. The third kappa shape index (κ3) is 7.08. The number of carbonyl (C=O) groups excluding carboxylic acids is 2. The predicted molar refractivity (Wildman–Crippen MR) is 135 cm³/mol. The molecule has 0 radical (unpaired) electrons. The average Bonchev–Trinajstić information content (AvgIpc) is 2.80. The fraction of sp³-hybridized carbons (Fsp3) is 0.259. The van der Waals surface area contributed by atoms with Gasteiger partial charge in [0.2, 0.25) is 11.8 Å². The first-order chi connectivity index (χ1) is 15.9. The molecule has 0 heterocycles. The Balaban J connectivity index is 1.96. The summed E-state index contributed by atoms with van der Waals surface area (Å²) in [6, 6.07) is 22.2. The molecular weight excluding hydrogens is 455 g/mol. The van der Waals surface area contributed by atoms with Gasteiger partial charge in [-0.05, 0) is 42.7 Å². The minimum Gasteiger partial charge on any atom is -0.355 e. The van der Waals surface area contributed by atoms with E-state index in [9.17, 15) is 9.59 Å². The maximum atomic E-state index is 13.6. The SMILES string of the molecule is CCNC(=O)[C@H](Cc1ccccc1)N(Cc1ccc(Cl)c(Cl)c1)C(=O)Cc1ccc(C)cc1. The molecule has 0 aromatic heterocycles. The maximum absolute atomic E-state index is 13.6. The zero-order chi connectivity index (χ0) is 23.8. The molecule has 1 N–H and O–H groups in total. The number of nitrogens with zero attached hydrogens (tertiary/aromatic N) is 1. The number of aryl methyl sites for hydroxylation is 1. The van der Waals surface area contributed by atoms with Crippen molar-refractivity contribution in [2.45, 2.75) is 39.3 Å². The topological polar surface area (TPSA) is 49.4 Å². The van der Waals surface area contributed by atoms with Gasteiger partial charge in [-0.25, -0.2) is 0 Å². The number of amides is 2. The van der Waals surface area contributed by atoms with Crippen molar-refractivity contribution in [2.24, 2.45) is 0 Å². The molecule has 0 saturated carbocycles. The Labute approximate surface area is 205 Å². The van der Waals surface area contributed by atoms with Crippen LogP contribution >= 0.6 is 23.2 Å². The minimum absolute atomic E-state index is 0.128. The number of halogens is 2. The molecule has 0 aliphatic rings. The van der Waals surface area contributed by atoms with Crippen LogP contribution in [0.4, 0.5) is 0 Å². The molecular formula is C27H28Cl2N2O2. The Hall–Kier alpha value is -2.82. The van der Waals surface area contributed by atoms with Gasteiger partial charge in [-0.3, -0.25) is 9.59 Å². The van der Waals surface area contributed by atoms with Crippen LogP contribution in [-0.2, 0) is 29.0 Å². The summed E-state index contributed by atoms with van der Waals surface area (Å²) in [4.78, 5) is 28.4. The standard InChI is InChI=1S/C27H28Cl2N2O2/c1-3-30-27(33)25(16-20-7-5-4-6-8-20)31(18-22-13-14-23(28)24(29)15-22)26(32)17-21-11-9-19(2)10-12-21/h4-15,25H,3,16-18H2,1-2H3,(H,30,33)/t25-/m0/s1. The second kappa shape index (κ2) is 11.9. The second-order valence-electron chi connectivity index (χ2n) is 8.03. The first kappa shape index (κ1) is 24.8. The summed E-state index contributed by atoms with van der Waals surface area (Å²) in [5.74, 6) is -0.309. The molecule has 2 amide bonds. The number of likely N-dealkylation sites (N-methyl/N-ethyl adjacent to an activating group) is 1. The van der Waals surface area contributed by atoms with Gasteiger partial charge in [-0.15, -0.1) is 0 Å². The summed E-state index contributed by atoms with van der Waals surface area (Å²) in [6.45, 7) is 4.61. The van der Waals surface area contributed by atoms with Crippen molar-refractivity contribution in [3.05, 3.63) is 105 Å². The molecule has 3 aromatic carbocycles. The maximum Gasteiger partial charge on any atom is 0.243 e. The minimum atomic E-state index is -0.667. The number of hydrogen-bond acceptors (Lipinski definition) is 2. The molecule has 1 atom stereocenters. The lowest BCUT2D eigenvalue weighted by molar-refractivity contribution is -0.140. The molecule has 0 bridgehead atoms. The fourth-order valence-electron chi connectivity index (χ4n) is 3.66. The highest BCUT2D eigenvalue weighted by Crippen LogP contribution is 2.24. The van der Waals surface area contributed by atoms with Gasteiger partial charge in [-0.1, -0.05) is 89.4 Å². The quantitative estimate of drug-likeness (QED) is 0.430. The zero-order valence-corrected chi connectivity index (χ0v) is 20.4. The van der Waals surface area contributed by atoms with E-state index >= 15 is 0 Å². The van der Waals surface area contributed by atoms with E-state index in [1.165, 1.54) is 0 Å². The molecule has 172 valence electrons. The van der Waals surface area contributed by atoms with E-state index in [1.807, 2.05) is 74.5 Å². The molecule has 0 saturated heterocycles. The Morgan fingerprint density at radius 1 is 0.879 bits per heavy atom. The largest absolute Gasteiger partial charge is 0.355 e. The predicted octanol–water partition coefficient (Wildman–Crippen LogP) is 5.62. The molecule has 3 aromatic rings. The van der Waals surface area contributed by atoms with Gasteiger partial charge >= 0.3 is 0 Å². The number of nitrogens with one attached hydrogen (secondary N) is 1. The molecule has 4 nitrogen and oxygen atoms in total. The van der Waals surface area contributed by atoms with E-state index < -0.39 is 6.04 Å². The molecule has 6 heteroatoms.